The van der Waals surface area contributed by atoms with Crippen LogP contribution in [0.1, 0.15) is 5.56 Å². The Bertz CT molecular complexity index is 1110. The van der Waals surface area contributed by atoms with Crippen LogP contribution in [0.4, 0.5) is 10.8 Å². The number of benzene rings is 2. The van der Waals surface area contributed by atoms with Gasteiger partial charge in [0, 0.05) is 35.4 Å². The molecule has 30 heavy (non-hydrogen) atoms. The number of hydrogen-bond acceptors (Lipinski definition) is 6. The zero-order chi connectivity index (χ0) is 21.1. The molecule has 1 aliphatic rings. The lowest BCUT2D eigenvalue weighted by Crippen LogP contribution is -2.59. The maximum Gasteiger partial charge on any atom is 0.263 e. The third-order valence-corrected chi connectivity index (χ3v) is 7.12. The van der Waals surface area contributed by atoms with E-state index in [1.165, 1.54) is 11.3 Å². The topological polar surface area (TPSA) is 91.4 Å². The van der Waals surface area contributed by atoms with Crippen molar-refractivity contribution in [3.63, 3.8) is 0 Å². The summed E-state index contributed by atoms with van der Waals surface area (Å²) in [6.45, 7) is 1.35. The van der Waals surface area contributed by atoms with E-state index in [4.69, 9.17) is 11.6 Å². The van der Waals surface area contributed by atoms with E-state index in [2.05, 4.69) is 19.9 Å². The van der Waals surface area contributed by atoms with Crippen LogP contribution in [0, 0.1) is 0 Å². The lowest BCUT2D eigenvalue weighted by molar-refractivity contribution is -0.121. The van der Waals surface area contributed by atoms with Crippen molar-refractivity contribution < 1.29 is 13.2 Å². The Morgan fingerprint density at radius 1 is 1.13 bits per heavy atom. The summed E-state index contributed by atoms with van der Waals surface area (Å²) in [4.78, 5) is 18.4. The van der Waals surface area contributed by atoms with E-state index in [0.717, 1.165) is 11.3 Å². The fourth-order valence-corrected chi connectivity index (χ4v) is 5.05. The first-order valence-corrected chi connectivity index (χ1v) is 11.9. The maximum absolute atomic E-state index is 12.4. The fourth-order valence-electron chi connectivity index (χ4n) is 3.13. The molecule has 1 saturated heterocycles. The maximum atomic E-state index is 12.4. The first-order chi connectivity index (χ1) is 14.4. The van der Waals surface area contributed by atoms with Crippen molar-refractivity contribution in [3.8, 4) is 0 Å². The predicted octanol–water partition coefficient (Wildman–Crippen LogP) is 3.14. The zero-order valence-electron chi connectivity index (χ0n) is 15.8. The summed E-state index contributed by atoms with van der Waals surface area (Å²) in [5.41, 5.74) is 1.82. The standard InChI is InChI=1S/C20H19ClN4O3S2/c21-15-3-1-14(2-4-15)11-19(26)23-16-12-25(13-16)17-5-7-18(8-6-17)30(27,28)24-20-22-9-10-29-20/h1-10,16H,11-13H2,(H,22,24)(H,23,26). The van der Waals surface area contributed by atoms with Gasteiger partial charge in [0.15, 0.2) is 5.13 Å². The third kappa shape index (κ3) is 4.92. The van der Waals surface area contributed by atoms with Gasteiger partial charge in [0.1, 0.15) is 0 Å². The van der Waals surface area contributed by atoms with Gasteiger partial charge < -0.3 is 10.2 Å². The summed E-state index contributed by atoms with van der Waals surface area (Å²) in [5.74, 6) is -0.0309. The van der Waals surface area contributed by atoms with Crippen molar-refractivity contribution in [2.45, 2.75) is 17.4 Å². The van der Waals surface area contributed by atoms with E-state index in [-0.39, 0.29) is 16.8 Å². The second-order valence-corrected chi connectivity index (χ2v) is 9.92. The second-order valence-electron chi connectivity index (χ2n) is 6.91. The number of amides is 1. The molecule has 0 spiro atoms. The second kappa shape index (κ2) is 8.63. The summed E-state index contributed by atoms with van der Waals surface area (Å²) in [5, 5.41) is 5.70. The minimum Gasteiger partial charge on any atom is -0.367 e. The molecule has 4 rings (SSSR count). The van der Waals surface area contributed by atoms with Gasteiger partial charge in [0.25, 0.3) is 10.0 Å². The number of carbonyl (C=O) groups excluding carboxylic acids is 1. The number of aromatic nitrogens is 1. The number of sulfonamides is 1. The van der Waals surface area contributed by atoms with Gasteiger partial charge in [-0.1, -0.05) is 23.7 Å². The van der Waals surface area contributed by atoms with Gasteiger partial charge in [-0.25, -0.2) is 13.4 Å². The molecule has 2 aromatic carbocycles. The smallest absolute Gasteiger partial charge is 0.263 e. The normalized spacial score (nSPS) is 14.2. The van der Waals surface area contributed by atoms with Crippen LogP contribution in [0.5, 0.6) is 0 Å². The van der Waals surface area contributed by atoms with Crippen LogP contribution in [0.25, 0.3) is 0 Å². The molecule has 1 amide bonds. The van der Waals surface area contributed by atoms with Gasteiger partial charge >= 0.3 is 0 Å². The number of nitrogens with one attached hydrogen (secondary N) is 2. The van der Waals surface area contributed by atoms with Gasteiger partial charge in [0.05, 0.1) is 17.4 Å². The molecule has 0 bridgehead atoms. The first kappa shape index (κ1) is 20.6. The van der Waals surface area contributed by atoms with Crippen LogP contribution >= 0.6 is 22.9 Å². The predicted molar refractivity (Wildman–Crippen MR) is 119 cm³/mol. The van der Waals surface area contributed by atoms with Crippen LogP contribution < -0.4 is 14.9 Å². The van der Waals surface area contributed by atoms with Crippen LogP contribution in [0.2, 0.25) is 5.02 Å². The molecule has 0 saturated carbocycles. The molecule has 156 valence electrons. The minimum absolute atomic E-state index is 0.0309. The molecule has 0 aliphatic carbocycles. The van der Waals surface area contributed by atoms with Gasteiger partial charge in [0.2, 0.25) is 5.91 Å². The first-order valence-electron chi connectivity index (χ1n) is 9.20. The molecule has 0 atom stereocenters. The highest BCUT2D eigenvalue weighted by Gasteiger charge is 2.28. The molecule has 1 aliphatic heterocycles. The number of anilines is 2. The highest BCUT2D eigenvalue weighted by atomic mass is 35.5. The van der Waals surface area contributed by atoms with Crippen molar-refractivity contribution in [1.29, 1.82) is 0 Å². The number of carbonyl (C=O) groups is 1. The van der Waals surface area contributed by atoms with Crippen molar-refractivity contribution in [2.75, 3.05) is 22.7 Å². The van der Waals surface area contributed by atoms with Crippen LogP contribution in [0.3, 0.4) is 0 Å². The van der Waals surface area contributed by atoms with E-state index in [1.807, 2.05) is 12.1 Å². The van der Waals surface area contributed by atoms with E-state index in [9.17, 15) is 13.2 Å². The highest BCUT2D eigenvalue weighted by Crippen LogP contribution is 2.24. The van der Waals surface area contributed by atoms with E-state index in [1.54, 1.807) is 48.0 Å². The molecule has 0 unspecified atom stereocenters. The van der Waals surface area contributed by atoms with Crippen molar-refractivity contribution in [2.24, 2.45) is 0 Å². The Labute approximate surface area is 183 Å². The average Bonchev–Trinajstić information content (AvgIpc) is 3.19. The number of nitrogens with zero attached hydrogens (tertiary/aromatic N) is 2. The minimum atomic E-state index is -3.66. The summed E-state index contributed by atoms with van der Waals surface area (Å²) >= 11 is 7.08. The quantitative estimate of drug-likeness (QED) is 0.562. The van der Waals surface area contributed by atoms with E-state index < -0.39 is 10.0 Å². The summed E-state index contributed by atoms with van der Waals surface area (Å²) < 4.78 is 27.2. The van der Waals surface area contributed by atoms with Crippen LogP contribution in [0.15, 0.2) is 65.0 Å². The molecule has 2 N–H and O–H groups in total. The molecule has 2 heterocycles. The van der Waals surface area contributed by atoms with Crippen LogP contribution in [-0.2, 0) is 21.2 Å². The van der Waals surface area contributed by atoms with Crippen molar-refractivity contribution in [1.82, 2.24) is 10.3 Å². The third-order valence-electron chi connectivity index (χ3n) is 4.69. The molecular formula is C20H19ClN4O3S2. The average molecular weight is 463 g/mol. The summed E-state index contributed by atoms with van der Waals surface area (Å²) in [7, 11) is -3.66. The molecule has 1 aromatic heterocycles. The molecule has 1 fully saturated rings. The highest BCUT2D eigenvalue weighted by molar-refractivity contribution is 7.93. The lowest BCUT2D eigenvalue weighted by Gasteiger charge is -2.41. The molecule has 7 nitrogen and oxygen atoms in total. The fraction of sp³-hybridized carbons (Fsp3) is 0.200. The molecule has 10 heteroatoms. The Morgan fingerprint density at radius 3 is 2.47 bits per heavy atom. The SMILES string of the molecule is O=C(Cc1ccc(Cl)cc1)NC1CN(c2ccc(S(=O)(=O)Nc3nccs3)cc2)C1. The van der Waals surface area contributed by atoms with Gasteiger partial charge in [-0.2, -0.15) is 0 Å². The largest absolute Gasteiger partial charge is 0.367 e. The number of halogens is 1. The number of rotatable bonds is 7. The van der Waals surface area contributed by atoms with E-state index >= 15 is 0 Å². The Balaban J connectivity index is 1.28. The summed E-state index contributed by atoms with van der Waals surface area (Å²) in [6, 6.07) is 14.0. The van der Waals surface area contributed by atoms with E-state index in [0.29, 0.717) is 29.7 Å². The number of thiazole rings is 1. The van der Waals surface area contributed by atoms with Crippen molar-refractivity contribution in [3.05, 3.63) is 70.7 Å². The molecule has 3 aromatic rings. The lowest BCUT2D eigenvalue weighted by atomic mass is 10.1. The monoisotopic (exact) mass is 462 g/mol. The Morgan fingerprint density at radius 2 is 1.83 bits per heavy atom. The van der Waals surface area contributed by atoms with Gasteiger partial charge in [-0.05, 0) is 42.0 Å². The van der Waals surface area contributed by atoms with Crippen molar-refractivity contribution >= 4 is 49.7 Å². The van der Waals surface area contributed by atoms with Gasteiger partial charge in [-0.15, -0.1) is 11.3 Å². The Kier molecular flexibility index (Phi) is 5.94. The molecular weight excluding hydrogens is 444 g/mol. The zero-order valence-corrected chi connectivity index (χ0v) is 18.2. The van der Waals surface area contributed by atoms with Crippen LogP contribution in [-0.4, -0.2) is 38.4 Å². The molecule has 0 radical (unpaired) electrons. The number of hydrogen-bond donors (Lipinski definition) is 2. The summed E-state index contributed by atoms with van der Waals surface area (Å²) in [6.07, 6.45) is 1.85. The Hall–Kier alpha value is -2.62. The van der Waals surface area contributed by atoms with Gasteiger partial charge in [-0.3, -0.25) is 9.52 Å².